The molecule has 98 valence electrons. The van der Waals surface area contributed by atoms with Crippen molar-refractivity contribution in [2.24, 2.45) is 0 Å². The molecule has 2 N–H and O–H groups in total. The zero-order valence-corrected chi connectivity index (χ0v) is 9.66. The highest BCUT2D eigenvalue weighted by Gasteiger charge is 2.40. The fourth-order valence-electron chi connectivity index (χ4n) is 1.52. The number of hydrogen-bond acceptors (Lipinski definition) is 7. The molecule has 0 aromatic heterocycles. The van der Waals surface area contributed by atoms with Crippen LogP contribution in [0.3, 0.4) is 0 Å². The van der Waals surface area contributed by atoms with Gasteiger partial charge in [-0.2, -0.15) is 0 Å². The standard InChI is InChI=1S/C10H16O7/c1-5(11)15-3-7-9(13)10(14)8(4-16-7)17-6(2)12/h7-10,13-14H,3-4H2,1-2H3/t7-,8+,9+,10-/m1/s1. The van der Waals surface area contributed by atoms with Crippen molar-refractivity contribution in [1.29, 1.82) is 0 Å². The van der Waals surface area contributed by atoms with Crippen molar-refractivity contribution >= 4 is 11.9 Å². The molecule has 4 atom stereocenters. The van der Waals surface area contributed by atoms with Crippen molar-refractivity contribution in [3.05, 3.63) is 0 Å². The Bertz CT molecular complexity index is 288. The van der Waals surface area contributed by atoms with Crippen molar-refractivity contribution < 1.29 is 34.0 Å². The van der Waals surface area contributed by atoms with Crippen LogP contribution in [-0.2, 0) is 23.8 Å². The van der Waals surface area contributed by atoms with Gasteiger partial charge in [0, 0.05) is 13.8 Å². The van der Waals surface area contributed by atoms with Crippen LogP contribution in [0.4, 0.5) is 0 Å². The highest BCUT2D eigenvalue weighted by atomic mass is 16.6. The molecule has 0 amide bonds. The van der Waals surface area contributed by atoms with Gasteiger partial charge >= 0.3 is 11.9 Å². The van der Waals surface area contributed by atoms with Crippen molar-refractivity contribution in [2.75, 3.05) is 13.2 Å². The highest BCUT2D eigenvalue weighted by Crippen LogP contribution is 2.18. The molecular weight excluding hydrogens is 232 g/mol. The van der Waals surface area contributed by atoms with Crippen LogP contribution >= 0.6 is 0 Å². The van der Waals surface area contributed by atoms with Gasteiger partial charge in [-0.1, -0.05) is 0 Å². The number of esters is 2. The smallest absolute Gasteiger partial charge is 0.303 e. The molecule has 1 heterocycles. The Kier molecular flexibility index (Phi) is 4.86. The summed E-state index contributed by atoms with van der Waals surface area (Å²) >= 11 is 0. The van der Waals surface area contributed by atoms with E-state index in [1.54, 1.807) is 0 Å². The van der Waals surface area contributed by atoms with Crippen LogP contribution in [0.15, 0.2) is 0 Å². The van der Waals surface area contributed by atoms with E-state index in [0.717, 1.165) is 0 Å². The third-order valence-electron chi connectivity index (χ3n) is 2.35. The molecule has 0 aliphatic carbocycles. The summed E-state index contributed by atoms with van der Waals surface area (Å²) in [6.45, 7) is 2.22. The first-order valence-electron chi connectivity index (χ1n) is 5.20. The van der Waals surface area contributed by atoms with E-state index in [1.807, 2.05) is 0 Å². The lowest BCUT2D eigenvalue weighted by molar-refractivity contribution is -0.212. The van der Waals surface area contributed by atoms with E-state index in [2.05, 4.69) is 4.74 Å². The molecule has 0 unspecified atom stereocenters. The lowest BCUT2D eigenvalue weighted by Gasteiger charge is -2.36. The van der Waals surface area contributed by atoms with Crippen LogP contribution in [0.2, 0.25) is 0 Å². The van der Waals surface area contributed by atoms with Crippen molar-refractivity contribution in [3.63, 3.8) is 0 Å². The fourth-order valence-corrected chi connectivity index (χ4v) is 1.52. The minimum absolute atomic E-state index is 0.0518. The fraction of sp³-hybridized carbons (Fsp3) is 0.800. The predicted octanol–water partition coefficient (Wildman–Crippen LogP) is -1.40. The minimum Gasteiger partial charge on any atom is -0.463 e. The lowest BCUT2D eigenvalue weighted by atomic mass is 10.0. The second kappa shape index (κ2) is 5.95. The Labute approximate surface area is 98.3 Å². The normalized spacial score (nSPS) is 32.9. The van der Waals surface area contributed by atoms with Gasteiger partial charge in [0.2, 0.25) is 0 Å². The highest BCUT2D eigenvalue weighted by molar-refractivity contribution is 5.66. The molecule has 0 aromatic rings. The van der Waals surface area contributed by atoms with Crippen molar-refractivity contribution in [2.45, 2.75) is 38.3 Å². The minimum atomic E-state index is -1.27. The van der Waals surface area contributed by atoms with Gasteiger partial charge in [-0.25, -0.2) is 0 Å². The molecule has 7 heteroatoms. The molecule has 0 spiro atoms. The Morgan fingerprint density at radius 1 is 1.24 bits per heavy atom. The van der Waals surface area contributed by atoms with Gasteiger partial charge in [-0.05, 0) is 0 Å². The molecule has 0 aromatic carbocycles. The second-order valence-corrected chi connectivity index (χ2v) is 3.80. The van der Waals surface area contributed by atoms with Crippen LogP contribution in [0, 0.1) is 0 Å². The van der Waals surface area contributed by atoms with E-state index in [4.69, 9.17) is 9.47 Å². The lowest BCUT2D eigenvalue weighted by Crippen LogP contribution is -2.55. The maximum atomic E-state index is 10.7. The number of rotatable bonds is 3. The van der Waals surface area contributed by atoms with E-state index in [-0.39, 0.29) is 13.2 Å². The van der Waals surface area contributed by atoms with Gasteiger partial charge in [-0.3, -0.25) is 9.59 Å². The van der Waals surface area contributed by atoms with E-state index in [9.17, 15) is 19.8 Å². The quantitative estimate of drug-likeness (QED) is 0.592. The molecule has 17 heavy (non-hydrogen) atoms. The van der Waals surface area contributed by atoms with Crippen LogP contribution in [0.1, 0.15) is 13.8 Å². The molecule has 0 radical (unpaired) electrons. The molecule has 7 nitrogen and oxygen atoms in total. The number of aliphatic hydroxyl groups excluding tert-OH is 2. The van der Waals surface area contributed by atoms with E-state index in [1.165, 1.54) is 13.8 Å². The summed E-state index contributed by atoms with van der Waals surface area (Å²) in [5.74, 6) is -1.07. The summed E-state index contributed by atoms with van der Waals surface area (Å²) in [6, 6.07) is 0. The first-order valence-corrected chi connectivity index (χ1v) is 5.20. The van der Waals surface area contributed by atoms with Crippen LogP contribution < -0.4 is 0 Å². The van der Waals surface area contributed by atoms with Crippen molar-refractivity contribution in [1.82, 2.24) is 0 Å². The summed E-state index contributed by atoms with van der Waals surface area (Å²) < 4.78 is 14.6. The largest absolute Gasteiger partial charge is 0.463 e. The maximum absolute atomic E-state index is 10.7. The third kappa shape index (κ3) is 3.95. The summed E-state index contributed by atoms with van der Waals surface area (Å²) in [6.07, 6.45) is -4.25. The summed E-state index contributed by atoms with van der Waals surface area (Å²) in [4.78, 5) is 21.3. The average molecular weight is 248 g/mol. The predicted molar refractivity (Wildman–Crippen MR) is 53.9 cm³/mol. The van der Waals surface area contributed by atoms with E-state index < -0.39 is 36.4 Å². The Balaban J connectivity index is 2.49. The maximum Gasteiger partial charge on any atom is 0.303 e. The summed E-state index contributed by atoms with van der Waals surface area (Å²) in [5.41, 5.74) is 0. The second-order valence-electron chi connectivity index (χ2n) is 3.80. The topological polar surface area (TPSA) is 102 Å². The SMILES string of the molecule is CC(=O)OC[C@H]1OC[C@H](OC(C)=O)[C@@H](O)[C@H]1O. The van der Waals surface area contributed by atoms with Gasteiger partial charge in [0.25, 0.3) is 0 Å². The van der Waals surface area contributed by atoms with Crippen LogP contribution in [0.5, 0.6) is 0 Å². The summed E-state index contributed by atoms with van der Waals surface area (Å²) in [5, 5.41) is 19.4. The molecule has 1 fully saturated rings. The molecule has 0 saturated carbocycles. The van der Waals surface area contributed by atoms with Gasteiger partial charge in [0.1, 0.15) is 24.9 Å². The number of ether oxygens (including phenoxy) is 3. The Hall–Kier alpha value is -1.18. The summed E-state index contributed by atoms with van der Waals surface area (Å²) in [7, 11) is 0. The van der Waals surface area contributed by atoms with Crippen molar-refractivity contribution in [3.8, 4) is 0 Å². The monoisotopic (exact) mass is 248 g/mol. The number of carbonyl (C=O) groups is 2. The Morgan fingerprint density at radius 3 is 2.41 bits per heavy atom. The third-order valence-corrected chi connectivity index (χ3v) is 2.35. The Morgan fingerprint density at radius 2 is 1.88 bits per heavy atom. The van der Waals surface area contributed by atoms with Crippen LogP contribution in [0.25, 0.3) is 0 Å². The molecule has 0 bridgehead atoms. The van der Waals surface area contributed by atoms with E-state index >= 15 is 0 Å². The van der Waals surface area contributed by atoms with Gasteiger partial charge < -0.3 is 24.4 Å². The molecule has 1 aliphatic heterocycles. The molecule has 1 saturated heterocycles. The van der Waals surface area contributed by atoms with Gasteiger partial charge in [0.15, 0.2) is 6.10 Å². The number of aliphatic hydroxyl groups is 2. The van der Waals surface area contributed by atoms with E-state index in [0.29, 0.717) is 0 Å². The average Bonchev–Trinajstić information content (AvgIpc) is 2.23. The number of hydrogen-bond donors (Lipinski definition) is 2. The van der Waals surface area contributed by atoms with Gasteiger partial charge in [0.05, 0.1) is 6.61 Å². The first kappa shape index (κ1) is 13.9. The first-order chi connectivity index (χ1) is 7.91. The zero-order chi connectivity index (χ0) is 13.0. The molecule has 1 aliphatic rings. The number of carbonyl (C=O) groups excluding carboxylic acids is 2. The zero-order valence-electron chi connectivity index (χ0n) is 9.66. The van der Waals surface area contributed by atoms with Gasteiger partial charge in [-0.15, -0.1) is 0 Å². The van der Waals surface area contributed by atoms with Crippen LogP contribution in [-0.4, -0.2) is 59.8 Å². The molecule has 1 rings (SSSR count). The molecular formula is C10H16O7.